The predicted molar refractivity (Wildman–Crippen MR) is 62.6 cm³/mol. The smallest absolute Gasteiger partial charge is 0.0130 e. The van der Waals surface area contributed by atoms with Crippen molar-refractivity contribution < 1.29 is 0 Å². The lowest BCUT2D eigenvalue weighted by molar-refractivity contribution is 0.188. The Bertz CT molecular complexity index is 168. The SMILES string of the molecule is CCC1C(CN(C)C(C)C)CCN1C. The highest BCUT2D eigenvalue weighted by atomic mass is 15.2. The van der Waals surface area contributed by atoms with Crippen molar-refractivity contribution >= 4 is 0 Å². The molecule has 1 heterocycles. The van der Waals surface area contributed by atoms with E-state index < -0.39 is 0 Å². The van der Waals surface area contributed by atoms with E-state index in [-0.39, 0.29) is 0 Å². The Labute approximate surface area is 89.3 Å². The highest BCUT2D eigenvalue weighted by Gasteiger charge is 2.30. The van der Waals surface area contributed by atoms with Gasteiger partial charge in [0.05, 0.1) is 0 Å². The van der Waals surface area contributed by atoms with E-state index >= 15 is 0 Å². The van der Waals surface area contributed by atoms with Crippen molar-refractivity contribution in [1.82, 2.24) is 9.80 Å². The molecule has 14 heavy (non-hydrogen) atoms. The highest BCUT2D eigenvalue weighted by Crippen LogP contribution is 2.26. The minimum absolute atomic E-state index is 0.679. The number of hydrogen-bond donors (Lipinski definition) is 0. The van der Waals surface area contributed by atoms with Crippen molar-refractivity contribution in [3.63, 3.8) is 0 Å². The summed E-state index contributed by atoms with van der Waals surface area (Å²) in [6, 6.07) is 1.50. The molecule has 0 aromatic heterocycles. The van der Waals surface area contributed by atoms with Crippen LogP contribution in [0.25, 0.3) is 0 Å². The summed E-state index contributed by atoms with van der Waals surface area (Å²) in [6.45, 7) is 9.42. The molecule has 0 amide bonds. The maximum atomic E-state index is 2.53. The molecule has 0 radical (unpaired) electrons. The van der Waals surface area contributed by atoms with Crippen molar-refractivity contribution in [2.45, 2.75) is 45.7 Å². The second kappa shape index (κ2) is 5.13. The monoisotopic (exact) mass is 198 g/mol. The van der Waals surface area contributed by atoms with E-state index in [1.165, 1.54) is 25.9 Å². The summed E-state index contributed by atoms with van der Waals surface area (Å²) < 4.78 is 0. The summed E-state index contributed by atoms with van der Waals surface area (Å²) in [6.07, 6.45) is 2.68. The van der Waals surface area contributed by atoms with Crippen LogP contribution >= 0.6 is 0 Å². The van der Waals surface area contributed by atoms with Gasteiger partial charge >= 0.3 is 0 Å². The van der Waals surface area contributed by atoms with Crippen LogP contribution in [0.3, 0.4) is 0 Å². The summed E-state index contributed by atoms with van der Waals surface area (Å²) >= 11 is 0. The summed E-state index contributed by atoms with van der Waals surface area (Å²) in [5.74, 6) is 0.886. The maximum Gasteiger partial charge on any atom is 0.0130 e. The van der Waals surface area contributed by atoms with Gasteiger partial charge in [-0.3, -0.25) is 0 Å². The lowest BCUT2D eigenvalue weighted by atomic mass is 9.97. The van der Waals surface area contributed by atoms with Gasteiger partial charge in [-0.1, -0.05) is 6.92 Å². The molecule has 0 aromatic rings. The van der Waals surface area contributed by atoms with Crippen molar-refractivity contribution in [2.24, 2.45) is 5.92 Å². The van der Waals surface area contributed by atoms with Gasteiger partial charge in [-0.2, -0.15) is 0 Å². The van der Waals surface area contributed by atoms with E-state index in [2.05, 4.69) is 44.7 Å². The topological polar surface area (TPSA) is 6.48 Å². The predicted octanol–water partition coefficient (Wildman–Crippen LogP) is 2.06. The molecule has 1 aliphatic rings. The zero-order valence-corrected chi connectivity index (χ0v) is 10.5. The molecule has 0 saturated carbocycles. The molecule has 0 aliphatic carbocycles. The Morgan fingerprint density at radius 3 is 2.57 bits per heavy atom. The molecule has 2 atom stereocenters. The van der Waals surface area contributed by atoms with Gasteiger partial charge in [0.2, 0.25) is 0 Å². The average Bonchev–Trinajstić information content (AvgIpc) is 2.46. The standard InChI is InChI=1S/C12H26N2/c1-6-12-11(7-8-13(12)4)9-14(5)10(2)3/h10-12H,6-9H2,1-5H3. The molecule has 1 saturated heterocycles. The van der Waals surface area contributed by atoms with Crippen LogP contribution in [0.2, 0.25) is 0 Å². The fourth-order valence-electron chi connectivity index (χ4n) is 2.53. The van der Waals surface area contributed by atoms with Crippen molar-refractivity contribution in [2.75, 3.05) is 27.2 Å². The third-order valence-electron chi connectivity index (χ3n) is 3.79. The van der Waals surface area contributed by atoms with Crippen LogP contribution in [0, 0.1) is 5.92 Å². The number of nitrogens with zero attached hydrogens (tertiary/aromatic N) is 2. The zero-order valence-electron chi connectivity index (χ0n) is 10.5. The Kier molecular flexibility index (Phi) is 4.39. The molecule has 2 nitrogen and oxygen atoms in total. The van der Waals surface area contributed by atoms with E-state index in [0.717, 1.165) is 12.0 Å². The first-order valence-corrected chi connectivity index (χ1v) is 5.96. The van der Waals surface area contributed by atoms with Crippen LogP contribution < -0.4 is 0 Å². The molecule has 84 valence electrons. The van der Waals surface area contributed by atoms with Crippen LogP contribution in [-0.4, -0.2) is 49.1 Å². The molecule has 1 aliphatic heterocycles. The second-order valence-electron chi connectivity index (χ2n) is 5.04. The number of rotatable bonds is 4. The maximum absolute atomic E-state index is 2.53. The lowest BCUT2D eigenvalue weighted by Crippen LogP contribution is -2.37. The minimum atomic E-state index is 0.679. The Balaban J connectivity index is 2.44. The van der Waals surface area contributed by atoms with Crippen molar-refractivity contribution in [3.8, 4) is 0 Å². The molecular weight excluding hydrogens is 172 g/mol. The van der Waals surface area contributed by atoms with E-state index in [1.54, 1.807) is 0 Å². The quantitative estimate of drug-likeness (QED) is 0.682. The molecule has 2 unspecified atom stereocenters. The summed E-state index contributed by atoms with van der Waals surface area (Å²) in [7, 11) is 4.51. The highest BCUT2D eigenvalue weighted by molar-refractivity contribution is 4.86. The molecular formula is C12H26N2. The fraction of sp³-hybridized carbons (Fsp3) is 1.00. The Hall–Kier alpha value is -0.0800. The van der Waals surface area contributed by atoms with Gasteiger partial charge in [0, 0.05) is 18.6 Å². The summed E-state index contributed by atoms with van der Waals surface area (Å²) in [5.41, 5.74) is 0. The molecule has 0 aromatic carbocycles. The van der Waals surface area contributed by atoms with Crippen LogP contribution in [-0.2, 0) is 0 Å². The van der Waals surface area contributed by atoms with Crippen molar-refractivity contribution in [1.29, 1.82) is 0 Å². The van der Waals surface area contributed by atoms with Gasteiger partial charge in [-0.25, -0.2) is 0 Å². The zero-order chi connectivity index (χ0) is 10.7. The number of hydrogen-bond acceptors (Lipinski definition) is 2. The molecule has 0 spiro atoms. The fourth-order valence-corrected chi connectivity index (χ4v) is 2.53. The second-order valence-corrected chi connectivity index (χ2v) is 5.04. The number of likely N-dealkylation sites (tertiary alicyclic amines) is 1. The normalized spacial score (nSPS) is 29.4. The van der Waals surface area contributed by atoms with Gasteiger partial charge in [-0.15, -0.1) is 0 Å². The first-order valence-electron chi connectivity index (χ1n) is 5.96. The van der Waals surface area contributed by atoms with Gasteiger partial charge in [0.25, 0.3) is 0 Å². The van der Waals surface area contributed by atoms with Crippen LogP contribution in [0.15, 0.2) is 0 Å². The largest absolute Gasteiger partial charge is 0.304 e. The van der Waals surface area contributed by atoms with Crippen LogP contribution in [0.5, 0.6) is 0 Å². The van der Waals surface area contributed by atoms with E-state index in [9.17, 15) is 0 Å². The van der Waals surface area contributed by atoms with Gasteiger partial charge in [-0.05, 0) is 53.2 Å². The Morgan fingerprint density at radius 2 is 2.07 bits per heavy atom. The minimum Gasteiger partial charge on any atom is -0.304 e. The van der Waals surface area contributed by atoms with Gasteiger partial charge in [0.15, 0.2) is 0 Å². The third-order valence-corrected chi connectivity index (χ3v) is 3.79. The third kappa shape index (κ3) is 2.71. The van der Waals surface area contributed by atoms with Gasteiger partial charge < -0.3 is 9.80 Å². The molecule has 1 fully saturated rings. The molecule has 0 N–H and O–H groups in total. The summed E-state index contributed by atoms with van der Waals surface area (Å²) in [4.78, 5) is 5.01. The molecule has 2 heteroatoms. The molecule has 1 rings (SSSR count). The van der Waals surface area contributed by atoms with Gasteiger partial charge in [0.1, 0.15) is 0 Å². The first kappa shape index (κ1) is 12.0. The molecule has 0 bridgehead atoms. The summed E-state index contributed by atoms with van der Waals surface area (Å²) in [5, 5.41) is 0. The van der Waals surface area contributed by atoms with Crippen LogP contribution in [0.4, 0.5) is 0 Å². The van der Waals surface area contributed by atoms with Crippen LogP contribution in [0.1, 0.15) is 33.6 Å². The van der Waals surface area contributed by atoms with E-state index in [4.69, 9.17) is 0 Å². The average molecular weight is 198 g/mol. The first-order chi connectivity index (χ1) is 6.56. The van der Waals surface area contributed by atoms with Crippen molar-refractivity contribution in [3.05, 3.63) is 0 Å². The van der Waals surface area contributed by atoms with E-state index in [0.29, 0.717) is 6.04 Å². The lowest BCUT2D eigenvalue weighted by Gasteiger charge is -2.29. The Morgan fingerprint density at radius 1 is 1.43 bits per heavy atom. The van der Waals surface area contributed by atoms with E-state index in [1.807, 2.05) is 0 Å².